The highest BCUT2D eigenvalue weighted by Gasteiger charge is 2.49. The van der Waals surface area contributed by atoms with Gasteiger partial charge in [-0.15, -0.1) is 11.6 Å². The summed E-state index contributed by atoms with van der Waals surface area (Å²) in [6.45, 7) is 1.91. The van der Waals surface area contributed by atoms with Crippen molar-refractivity contribution in [2.45, 2.75) is 12.3 Å². The van der Waals surface area contributed by atoms with E-state index >= 15 is 0 Å². The first-order chi connectivity index (χ1) is 7.93. The minimum Gasteiger partial charge on any atom is -0.372 e. The summed E-state index contributed by atoms with van der Waals surface area (Å²) in [6.07, 6.45) is 0. The second kappa shape index (κ2) is 5.51. The summed E-state index contributed by atoms with van der Waals surface area (Å²) in [6, 6.07) is 6.90. The van der Waals surface area contributed by atoms with Crippen LogP contribution in [-0.2, 0) is 19.0 Å². The van der Waals surface area contributed by atoms with E-state index in [1.54, 1.807) is 24.3 Å². The normalized spacial score (nSPS) is 15.6. The van der Waals surface area contributed by atoms with Crippen molar-refractivity contribution in [3.63, 3.8) is 0 Å². The van der Waals surface area contributed by atoms with Gasteiger partial charge in [-0.25, -0.2) is 0 Å². The highest BCUT2D eigenvalue weighted by molar-refractivity contribution is 7.55. The van der Waals surface area contributed by atoms with Crippen molar-refractivity contribution in [3.8, 4) is 0 Å². The SMILES string of the molecule is COP(=O)(OC)C(O)(CCl)c1ccc(C)cc1. The second-order valence-electron chi connectivity index (χ2n) is 3.68. The number of benzene rings is 1. The number of hydrogen-bond donors (Lipinski definition) is 1. The molecule has 1 unspecified atom stereocenters. The molecular formula is C11H16ClO4P. The highest BCUT2D eigenvalue weighted by atomic mass is 35.5. The topological polar surface area (TPSA) is 55.8 Å². The smallest absolute Gasteiger partial charge is 0.367 e. The Labute approximate surface area is 106 Å². The largest absolute Gasteiger partial charge is 0.372 e. The zero-order valence-corrected chi connectivity index (χ0v) is 11.7. The number of rotatable bonds is 5. The summed E-state index contributed by atoms with van der Waals surface area (Å²) in [7, 11) is -1.28. The Hall–Kier alpha value is -0.380. The van der Waals surface area contributed by atoms with E-state index in [0.29, 0.717) is 5.56 Å². The molecule has 4 nitrogen and oxygen atoms in total. The monoisotopic (exact) mass is 278 g/mol. The predicted molar refractivity (Wildman–Crippen MR) is 67.4 cm³/mol. The van der Waals surface area contributed by atoms with Gasteiger partial charge in [0.05, 0.1) is 5.88 Å². The maximum atomic E-state index is 12.3. The third-order valence-electron chi connectivity index (χ3n) is 2.63. The number of alkyl halides is 1. The van der Waals surface area contributed by atoms with Crippen LogP contribution >= 0.6 is 19.2 Å². The van der Waals surface area contributed by atoms with Gasteiger partial charge in [0.25, 0.3) is 0 Å². The van der Waals surface area contributed by atoms with E-state index in [1.165, 1.54) is 14.2 Å². The first-order valence-corrected chi connectivity index (χ1v) is 7.08. The van der Waals surface area contributed by atoms with Crippen LogP contribution in [-0.4, -0.2) is 25.2 Å². The molecule has 1 N–H and O–H groups in total. The molecule has 6 heteroatoms. The fraction of sp³-hybridized carbons (Fsp3) is 0.455. The van der Waals surface area contributed by atoms with E-state index in [2.05, 4.69) is 0 Å². The van der Waals surface area contributed by atoms with Crippen molar-refractivity contribution in [3.05, 3.63) is 35.4 Å². The molecule has 0 amide bonds. The summed E-state index contributed by atoms with van der Waals surface area (Å²) >= 11 is 5.74. The molecule has 0 aliphatic rings. The summed E-state index contributed by atoms with van der Waals surface area (Å²) < 4.78 is 22.0. The summed E-state index contributed by atoms with van der Waals surface area (Å²) in [5.41, 5.74) is 1.43. The minimum absolute atomic E-state index is 0.283. The molecule has 0 fully saturated rings. The van der Waals surface area contributed by atoms with Crippen molar-refractivity contribution in [2.24, 2.45) is 0 Å². The number of halogens is 1. The van der Waals surface area contributed by atoms with E-state index in [0.717, 1.165) is 5.56 Å². The molecule has 1 atom stereocenters. The molecule has 17 heavy (non-hydrogen) atoms. The molecular weight excluding hydrogens is 263 g/mol. The third kappa shape index (κ3) is 2.56. The van der Waals surface area contributed by atoms with Gasteiger partial charge in [-0.2, -0.15) is 0 Å². The average Bonchev–Trinajstić information content (AvgIpc) is 2.37. The van der Waals surface area contributed by atoms with Crippen LogP contribution in [0.4, 0.5) is 0 Å². The fourth-order valence-electron chi connectivity index (χ4n) is 1.51. The summed E-state index contributed by atoms with van der Waals surface area (Å²) in [5, 5.41) is 8.61. The standard InChI is InChI=1S/C11H16ClO4P/c1-9-4-6-10(7-5-9)11(13,8-12)17(14,15-2)16-3/h4-7,13H,8H2,1-3H3. The van der Waals surface area contributed by atoms with Gasteiger partial charge in [0.15, 0.2) is 0 Å². The third-order valence-corrected chi connectivity index (χ3v) is 5.49. The first-order valence-electron chi connectivity index (χ1n) is 5.00. The van der Waals surface area contributed by atoms with Gasteiger partial charge in [0, 0.05) is 14.2 Å². The molecule has 0 aliphatic carbocycles. The summed E-state index contributed by atoms with van der Waals surface area (Å²) in [4.78, 5) is 0. The molecule has 1 aromatic carbocycles. The molecule has 0 saturated heterocycles. The van der Waals surface area contributed by atoms with E-state index in [-0.39, 0.29) is 5.88 Å². The van der Waals surface area contributed by atoms with E-state index in [1.807, 2.05) is 6.92 Å². The van der Waals surface area contributed by atoms with Gasteiger partial charge in [0.2, 0.25) is 5.34 Å². The van der Waals surface area contributed by atoms with E-state index in [4.69, 9.17) is 20.6 Å². The van der Waals surface area contributed by atoms with Crippen molar-refractivity contribution >= 4 is 19.2 Å². The van der Waals surface area contributed by atoms with Crippen LogP contribution in [0.25, 0.3) is 0 Å². The maximum absolute atomic E-state index is 12.3. The van der Waals surface area contributed by atoms with Gasteiger partial charge in [-0.05, 0) is 12.5 Å². The van der Waals surface area contributed by atoms with E-state index < -0.39 is 12.9 Å². The number of hydrogen-bond acceptors (Lipinski definition) is 4. The van der Waals surface area contributed by atoms with Crippen LogP contribution in [0.2, 0.25) is 0 Å². The van der Waals surface area contributed by atoms with E-state index in [9.17, 15) is 9.67 Å². The van der Waals surface area contributed by atoms with Crippen molar-refractivity contribution in [2.75, 3.05) is 20.1 Å². The van der Waals surface area contributed by atoms with Crippen LogP contribution in [0, 0.1) is 6.92 Å². The van der Waals surface area contributed by atoms with Crippen molar-refractivity contribution in [1.29, 1.82) is 0 Å². The van der Waals surface area contributed by atoms with Gasteiger partial charge >= 0.3 is 7.60 Å². The van der Waals surface area contributed by atoms with Gasteiger partial charge < -0.3 is 14.2 Å². The molecule has 0 aromatic heterocycles. The Kier molecular flexibility index (Phi) is 4.76. The lowest BCUT2D eigenvalue weighted by molar-refractivity contribution is 0.0962. The number of aryl methyl sites for hydroxylation is 1. The molecule has 0 saturated carbocycles. The lowest BCUT2D eigenvalue weighted by Gasteiger charge is -2.31. The van der Waals surface area contributed by atoms with Gasteiger partial charge in [-0.1, -0.05) is 29.8 Å². The maximum Gasteiger partial charge on any atom is 0.367 e. The first kappa shape index (κ1) is 14.7. The van der Waals surface area contributed by atoms with Crippen molar-refractivity contribution in [1.82, 2.24) is 0 Å². The zero-order chi connectivity index (χ0) is 13.1. The minimum atomic E-state index is -3.72. The zero-order valence-electron chi connectivity index (χ0n) is 10.0. The summed E-state index contributed by atoms with van der Waals surface area (Å²) in [5.74, 6) is -0.283. The molecule has 0 bridgehead atoms. The Morgan fingerprint density at radius 2 is 1.76 bits per heavy atom. The number of aliphatic hydroxyl groups is 1. The molecule has 0 aliphatic heterocycles. The van der Waals surface area contributed by atoms with Gasteiger partial charge in [0.1, 0.15) is 0 Å². The molecule has 96 valence electrons. The Morgan fingerprint density at radius 1 is 1.29 bits per heavy atom. The van der Waals surface area contributed by atoms with Crippen molar-refractivity contribution < 1.29 is 18.7 Å². The molecule has 1 aromatic rings. The Morgan fingerprint density at radius 3 is 2.12 bits per heavy atom. The quantitative estimate of drug-likeness (QED) is 0.665. The Balaban J connectivity index is 3.29. The lowest BCUT2D eigenvalue weighted by atomic mass is 10.1. The van der Waals surface area contributed by atoms with Gasteiger partial charge in [-0.3, -0.25) is 4.57 Å². The molecule has 1 rings (SSSR count). The van der Waals surface area contributed by atoms with Crippen LogP contribution in [0.1, 0.15) is 11.1 Å². The predicted octanol–water partition coefficient (Wildman–Crippen LogP) is 2.86. The Bertz CT molecular complexity index is 412. The van der Waals surface area contributed by atoms with Crippen LogP contribution in [0.15, 0.2) is 24.3 Å². The molecule has 0 heterocycles. The average molecular weight is 279 g/mol. The highest BCUT2D eigenvalue weighted by Crippen LogP contribution is 2.62. The lowest BCUT2D eigenvalue weighted by Crippen LogP contribution is -2.29. The van der Waals surface area contributed by atoms with Crippen LogP contribution in [0.3, 0.4) is 0 Å². The fourth-order valence-corrected chi connectivity index (χ4v) is 3.46. The van der Waals surface area contributed by atoms with Crippen LogP contribution in [0.5, 0.6) is 0 Å². The van der Waals surface area contributed by atoms with Crippen LogP contribution < -0.4 is 0 Å². The molecule has 0 radical (unpaired) electrons. The second-order valence-corrected chi connectivity index (χ2v) is 6.41. The molecule has 0 spiro atoms.